The molecule has 1 fully saturated rings. The Balaban J connectivity index is 1.34. The standard InChI is InChI=1S/C19H21N3O2S/c1-14-6-7-15(24-14)8-9-18(23)21-10-12-22(13-11-21)19-16-4-2-3-5-17(16)25-20-19/h2-7H,8-13H2,1H3. The lowest BCUT2D eigenvalue weighted by Gasteiger charge is -2.35. The topological polar surface area (TPSA) is 49.6 Å². The van der Waals surface area contributed by atoms with Crippen LogP contribution in [0.4, 0.5) is 5.82 Å². The number of piperazine rings is 1. The molecule has 25 heavy (non-hydrogen) atoms. The summed E-state index contributed by atoms with van der Waals surface area (Å²) >= 11 is 1.54. The third kappa shape index (κ3) is 3.39. The molecule has 3 aromatic rings. The van der Waals surface area contributed by atoms with Crippen LogP contribution in [0.15, 0.2) is 40.8 Å². The van der Waals surface area contributed by atoms with E-state index in [2.05, 4.69) is 27.5 Å². The molecule has 1 saturated heterocycles. The van der Waals surface area contributed by atoms with Gasteiger partial charge in [-0.1, -0.05) is 12.1 Å². The minimum atomic E-state index is 0.205. The van der Waals surface area contributed by atoms with E-state index in [1.165, 1.54) is 21.6 Å². The molecule has 0 N–H and O–H groups in total. The van der Waals surface area contributed by atoms with Crippen molar-refractivity contribution in [2.75, 3.05) is 31.1 Å². The molecule has 1 aliphatic rings. The maximum Gasteiger partial charge on any atom is 0.223 e. The minimum Gasteiger partial charge on any atom is -0.466 e. The summed E-state index contributed by atoms with van der Waals surface area (Å²) in [4.78, 5) is 16.7. The average Bonchev–Trinajstić information content (AvgIpc) is 3.26. The zero-order chi connectivity index (χ0) is 17.2. The monoisotopic (exact) mass is 355 g/mol. The van der Waals surface area contributed by atoms with E-state index in [-0.39, 0.29) is 5.91 Å². The largest absolute Gasteiger partial charge is 0.466 e. The highest BCUT2D eigenvalue weighted by Gasteiger charge is 2.23. The van der Waals surface area contributed by atoms with Gasteiger partial charge in [0.1, 0.15) is 17.3 Å². The number of nitrogens with zero attached hydrogens (tertiary/aromatic N) is 3. The van der Waals surface area contributed by atoms with E-state index in [0.29, 0.717) is 12.8 Å². The Hall–Kier alpha value is -2.34. The van der Waals surface area contributed by atoms with Crippen molar-refractivity contribution >= 4 is 33.3 Å². The molecule has 0 unspecified atom stereocenters. The van der Waals surface area contributed by atoms with Crippen molar-refractivity contribution in [3.63, 3.8) is 0 Å². The Labute approximate surface area is 151 Å². The molecule has 4 rings (SSSR count). The number of aryl methyl sites for hydroxylation is 2. The van der Waals surface area contributed by atoms with Crippen LogP contribution in [0.3, 0.4) is 0 Å². The Kier molecular flexibility index (Phi) is 4.44. The maximum absolute atomic E-state index is 12.4. The number of benzene rings is 1. The summed E-state index contributed by atoms with van der Waals surface area (Å²) in [6.45, 7) is 5.09. The van der Waals surface area contributed by atoms with Crippen molar-refractivity contribution in [2.24, 2.45) is 0 Å². The number of carbonyl (C=O) groups excluding carboxylic acids is 1. The molecule has 0 saturated carbocycles. The predicted octanol–water partition coefficient (Wildman–Crippen LogP) is 3.48. The van der Waals surface area contributed by atoms with Gasteiger partial charge in [0, 0.05) is 44.4 Å². The Morgan fingerprint density at radius 3 is 2.72 bits per heavy atom. The van der Waals surface area contributed by atoms with Gasteiger partial charge in [0.25, 0.3) is 0 Å². The third-order valence-electron chi connectivity index (χ3n) is 4.67. The smallest absolute Gasteiger partial charge is 0.223 e. The van der Waals surface area contributed by atoms with Gasteiger partial charge in [0.2, 0.25) is 5.91 Å². The summed E-state index contributed by atoms with van der Waals surface area (Å²) in [5.41, 5.74) is 0. The zero-order valence-corrected chi connectivity index (χ0v) is 15.1. The molecular formula is C19H21N3O2S. The summed E-state index contributed by atoms with van der Waals surface area (Å²) < 4.78 is 11.4. The van der Waals surface area contributed by atoms with E-state index in [4.69, 9.17) is 4.42 Å². The van der Waals surface area contributed by atoms with Crippen LogP contribution in [0.1, 0.15) is 17.9 Å². The van der Waals surface area contributed by atoms with E-state index in [0.717, 1.165) is 43.5 Å². The Morgan fingerprint density at radius 2 is 1.96 bits per heavy atom. The number of rotatable bonds is 4. The van der Waals surface area contributed by atoms with E-state index in [1.54, 1.807) is 0 Å². The number of fused-ring (bicyclic) bond motifs is 1. The second-order valence-electron chi connectivity index (χ2n) is 6.38. The second-order valence-corrected chi connectivity index (χ2v) is 7.19. The third-order valence-corrected chi connectivity index (χ3v) is 5.49. The van der Waals surface area contributed by atoms with Crippen LogP contribution in [0.5, 0.6) is 0 Å². The molecule has 0 atom stereocenters. The van der Waals surface area contributed by atoms with Gasteiger partial charge in [0.05, 0.1) is 4.70 Å². The first-order valence-electron chi connectivity index (χ1n) is 8.63. The molecule has 1 amide bonds. The molecule has 0 bridgehead atoms. The van der Waals surface area contributed by atoms with Crippen LogP contribution in [-0.2, 0) is 11.2 Å². The number of hydrogen-bond donors (Lipinski definition) is 0. The minimum absolute atomic E-state index is 0.205. The molecule has 0 radical (unpaired) electrons. The van der Waals surface area contributed by atoms with Crippen LogP contribution >= 0.6 is 11.5 Å². The fourth-order valence-corrected chi connectivity index (χ4v) is 4.07. The number of aromatic nitrogens is 1. The van der Waals surface area contributed by atoms with Crippen molar-refractivity contribution in [1.29, 1.82) is 0 Å². The maximum atomic E-state index is 12.4. The van der Waals surface area contributed by atoms with Crippen molar-refractivity contribution in [3.05, 3.63) is 47.9 Å². The van der Waals surface area contributed by atoms with Crippen LogP contribution < -0.4 is 4.90 Å². The van der Waals surface area contributed by atoms with Crippen LogP contribution in [0.25, 0.3) is 10.1 Å². The van der Waals surface area contributed by atoms with Gasteiger partial charge < -0.3 is 14.2 Å². The van der Waals surface area contributed by atoms with Gasteiger partial charge in [-0.25, -0.2) is 0 Å². The summed E-state index contributed by atoms with van der Waals surface area (Å²) in [5, 5.41) is 1.21. The summed E-state index contributed by atoms with van der Waals surface area (Å²) in [6.07, 6.45) is 1.18. The highest BCUT2D eigenvalue weighted by atomic mass is 32.1. The lowest BCUT2D eigenvalue weighted by Crippen LogP contribution is -2.49. The van der Waals surface area contributed by atoms with Gasteiger partial charge in [-0.2, -0.15) is 4.37 Å². The normalized spacial score (nSPS) is 15.1. The SMILES string of the molecule is Cc1ccc(CCC(=O)N2CCN(c3nsc4ccccc34)CC2)o1. The molecule has 1 aliphatic heterocycles. The fourth-order valence-electron chi connectivity index (χ4n) is 3.28. The highest BCUT2D eigenvalue weighted by molar-refractivity contribution is 7.13. The van der Waals surface area contributed by atoms with E-state index in [1.807, 2.05) is 30.0 Å². The molecule has 2 aromatic heterocycles. The Bertz CT molecular complexity index is 878. The number of hydrogen-bond acceptors (Lipinski definition) is 5. The Morgan fingerprint density at radius 1 is 1.16 bits per heavy atom. The van der Waals surface area contributed by atoms with Crippen LogP contribution in [0, 0.1) is 6.92 Å². The molecular weight excluding hydrogens is 334 g/mol. The molecule has 130 valence electrons. The summed E-state index contributed by atoms with van der Waals surface area (Å²) in [6, 6.07) is 12.2. The molecule has 0 aliphatic carbocycles. The van der Waals surface area contributed by atoms with Crippen LogP contribution in [-0.4, -0.2) is 41.4 Å². The number of amides is 1. The van der Waals surface area contributed by atoms with E-state index >= 15 is 0 Å². The predicted molar refractivity (Wildman–Crippen MR) is 100 cm³/mol. The molecule has 3 heterocycles. The highest BCUT2D eigenvalue weighted by Crippen LogP contribution is 2.29. The lowest BCUT2D eigenvalue weighted by atomic mass is 10.2. The zero-order valence-electron chi connectivity index (χ0n) is 14.3. The molecule has 0 spiro atoms. The lowest BCUT2D eigenvalue weighted by molar-refractivity contribution is -0.131. The van der Waals surface area contributed by atoms with Gasteiger partial charge in [-0.05, 0) is 42.7 Å². The first-order chi connectivity index (χ1) is 12.2. The van der Waals surface area contributed by atoms with Crippen molar-refractivity contribution in [3.8, 4) is 0 Å². The van der Waals surface area contributed by atoms with E-state index < -0.39 is 0 Å². The van der Waals surface area contributed by atoms with Gasteiger partial charge >= 0.3 is 0 Å². The number of anilines is 1. The molecule has 6 heteroatoms. The average molecular weight is 355 g/mol. The van der Waals surface area contributed by atoms with Gasteiger partial charge in [-0.15, -0.1) is 0 Å². The quantitative estimate of drug-likeness (QED) is 0.719. The first kappa shape index (κ1) is 16.1. The fraction of sp³-hybridized carbons (Fsp3) is 0.368. The van der Waals surface area contributed by atoms with E-state index in [9.17, 15) is 4.79 Å². The van der Waals surface area contributed by atoms with Gasteiger partial charge in [-0.3, -0.25) is 4.79 Å². The first-order valence-corrected chi connectivity index (χ1v) is 9.40. The number of carbonyl (C=O) groups is 1. The number of furan rings is 1. The van der Waals surface area contributed by atoms with Gasteiger partial charge in [0.15, 0.2) is 0 Å². The van der Waals surface area contributed by atoms with Crippen molar-refractivity contribution in [2.45, 2.75) is 19.8 Å². The summed E-state index contributed by atoms with van der Waals surface area (Å²) in [7, 11) is 0. The second kappa shape index (κ2) is 6.88. The van der Waals surface area contributed by atoms with Crippen molar-refractivity contribution < 1.29 is 9.21 Å². The molecule has 1 aromatic carbocycles. The molecule has 5 nitrogen and oxygen atoms in total. The van der Waals surface area contributed by atoms with Crippen molar-refractivity contribution in [1.82, 2.24) is 9.27 Å². The van der Waals surface area contributed by atoms with Crippen LogP contribution in [0.2, 0.25) is 0 Å². The summed E-state index contributed by atoms with van der Waals surface area (Å²) in [5.74, 6) is 3.04.